The summed E-state index contributed by atoms with van der Waals surface area (Å²) in [7, 11) is -3.33. The highest BCUT2D eigenvalue weighted by atomic mass is 32.2. The van der Waals surface area contributed by atoms with Crippen molar-refractivity contribution in [2.45, 2.75) is 14.7 Å². The summed E-state index contributed by atoms with van der Waals surface area (Å²) in [5.41, 5.74) is 6.05. The Bertz CT molecular complexity index is 761. The molecule has 2 aromatic rings. The predicted molar refractivity (Wildman–Crippen MR) is 74.4 cm³/mol. The summed E-state index contributed by atoms with van der Waals surface area (Å²) in [6.45, 7) is 0. The zero-order valence-corrected chi connectivity index (χ0v) is 12.1. The number of rotatable bonds is 3. The number of sulfone groups is 1. The zero-order chi connectivity index (χ0) is 14.9. The van der Waals surface area contributed by atoms with Gasteiger partial charge in [0.05, 0.1) is 4.90 Å². The van der Waals surface area contributed by atoms with Crippen LogP contribution < -0.4 is 5.73 Å². The van der Waals surface area contributed by atoms with E-state index in [0.717, 1.165) is 30.2 Å². The lowest BCUT2D eigenvalue weighted by Crippen LogP contribution is -1.99. The minimum atomic E-state index is -3.33. The van der Waals surface area contributed by atoms with Crippen molar-refractivity contribution in [3.05, 3.63) is 48.0 Å². The SMILES string of the molecule is CS(=O)(=O)c1ccc(Sc2ccc(F)c(F)c2)c(N)c1. The van der Waals surface area contributed by atoms with E-state index < -0.39 is 21.5 Å². The van der Waals surface area contributed by atoms with Gasteiger partial charge in [0.2, 0.25) is 0 Å². The summed E-state index contributed by atoms with van der Waals surface area (Å²) in [6, 6.07) is 7.82. The van der Waals surface area contributed by atoms with Crippen LogP contribution in [0.5, 0.6) is 0 Å². The highest BCUT2D eigenvalue weighted by Crippen LogP contribution is 2.33. The largest absolute Gasteiger partial charge is 0.398 e. The molecule has 0 aliphatic rings. The molecule has 7 heteroatoms. The molecule has 0 aromatic heterocycles. The van der Waals surface area contributed by atoms with E-state index in [4.69, 9.17) is 5.73 Å². The van der Waals surface area contributed by atoms with Gasteiger partial charge in [-0.15, -0.1) is 0 Å². The summed E-state index contributed by atoms with van der Waals surface area (Å²) in [6.07, 6.45) is 1.09. The highest BCUT2D eigenvalue weighted by molar-refractivity contribution is 7.99. The second-order valence-corrected chi connectivity index (χ2v) is 7.28. The third-order valence-corrected chi connectivity index (χ3v) is 4.72. The normalized spacial score (nSPS) is 11.6. The molecule has 0 atom stereocenters. The fourth-order valence-electron chi connectivity index (χ4n) is 1.52. The number of nitrogens with two attached hydrogens (primary N) is 1. The fraction of sp³-hybridized carbons (Fsp3) is 0.0769. The van der Waals surface area contributed by atoms with Crippen molar-refractivity contribution in [1.82, 2.24) is 0 Å². The monoisotopic (exact) mass is 315 g/mol. The minimum Gasteiger partial charge on any atom is -0.398 e. The lowest BCUT2D eigenvalue weighted by atomic mass is 10.3. The smallest absolute Gasteiger partial charge is 0.175 e. The van der Waals surface area contributed by atoms with Crippen molar-refractivity contribution >= 4 is 27.3 Å². The molecule has 2 aromatic carbocycles. The molecule has 0 aliphatic heterocycles. The molecule has 0 radical (unpaired) electrons. The molecule has 0 fully saturated rings. The molecule has 0 amide bonds. The molecule has 2 N–H and O–H groups in total. The first kappa shape index (κ1) is 14.8. The maximum absolute atomic E-state index is 13.1. The molecule has 0 heterocycles. The van der Waals surface area contributed by atoms with E-state index >= 15 is 0 Å². The Hall–Kier alpha value is -1.60. The van der Waals surface area contributed by atoms with Crippen molar-refractivity contribution in [1.29, 1.82) is 0 Å². The predicted octanol–water partition coefficient (Wildman–Crippen LogP) is 3.10. The second-order valence-electron chi connectivity index (χ2n) is 4.15. The van der Waals surface area contributed by atoms with E-state index in [1.54, 1.807) is 0 Å². The van der Waals surface area contributed by atoms with Crippen LogP contribution in [0.3, 0.4) is 0 Å². The van der Waals surface area contributed by atoms with E-state index in [0.29, 0.717) is 9.79 Å². The van der Waals surface area contributed by atoms with Gasteiger partial charge in [0.25, 0.3) is 0 Å². The molecule has 0 aliphatic carbocycles. The topological polar surface area (TPSA) is 60.2 Å². The molecular formula is C13H11F2NO2S2. The average molecular weight is 315 g/mol. The maximum atomic E-state index is 13.1. The van der Waals surface area contributed by atoms with E-state index in [9.17, 15) is 17.2 Å². The van der Waals surface area contributed by atoms with Crippen LogP contribution in [0.1, 0.15) is 0 Å². The van der Waals surface area contributed by atoms with Crippen LogP contribution in [0.4, 0.5) is 14.5 Å². The lowest BCUT2D eigenvalue weighted by Gasteiger charge is -2.07. The summed E-state index contributed by atoms with van der Waals surface area (Å²) < 4.78 is 48.7. The lowest BCUT2D eigenvalue weighted by molar-refractivity contribution is 0.506. The molecule has 0 bridgehead atoms. The van der Waals surface area contributed by atoms with Gasteiger partial charge < -0.3 is 5.73 Å². The fourth-order valence-corrected chi connectivity index (χ4v) is 3.04. The van der Waals surface area contributed by atoms with Gasteiger partial charge in [-0.2, -0.15) is 0 Å². The highest BCUT2D eigenvalue weighted by Gasteiger charge is 2.11. The van der Waals surface area contributed by atoms with Gasteiger partial charge >= 0.3 is 0 Å². The Balaban J connectivity index is 2.32. The summed E-state index contributed by atoms with van der Waals surface area (Å²) >= 11 is 1.13. The Morgan fingerprint density at radius 2 is 1.75 bits per heavy atom. The minimum absolute atomic E-state index is 0.115. The van der Waals surface area contributed by atoms with Gasteiger partial charge in [0.15, 0.2) is 21.5 Å². The van der Waals surface area contributed by atoms with E-state index in [1.165, 1.54) is 24.3 Å². The number of hydrogen-bond donors (Lipinski definition) is 1. The van der Waals surface area contributed by atoms with Gasteiger partial charge in [-0.05, 0) is 36.4 Å². The number of nitrogen functional groups attached to an aromatic ring is 1. The molecule has 3 nitrogen and oxygen atoms in total. The molecule has 0 spiro atoms. The first-order chi connectivity index (χ1) is 9.27. The number of hydrogen-bond acceptors (Lipinski definition) is 4. The zero-order valence-electron chi connectivity index (χ0n) is 10.4. The van der Waals surface area contributed by atoms with Gasteiger partial charge in [-0.3, -0.25) is 0 Å². The van der Waals surface area contributed by atoms with Gasteiger partial charge in [0, 0.05) is 21.7 Å². The molecule has 20 heavy (non-hydrogen) atoms. The molecule has 0 saturated heterocycles. The van der Waals surface area contributed by atoms with Crippen molar-refractivity contribution < 1.29 is 17.2 Å². The van der Waals surface area contributed by atoms with Gasteiger partial charge in [-0.25, -0.2) is 17.2 Å². The van der Waals surface area contributed by atoms with Crippen LogP contribution in [-0.4, -0.2) is 14.7 Å². The Morgan fingerprint density at radius 3 is 2.30 bits per heavy atom. The molecule has 2 rings (SSSR count). The second kappa shape index (κ2) is 5.41. The van der Waals surface area contributed by atoms with Crippen LogP contribution in [0, 0.1) is 11.6 Å². The van der Waals surface area contributed by atoms with E-state index in [-0.39, 0.29) is 10.6 Å². The third kappa shape index (κ3) is 3.29. The van der Waals surface area contributed by atoms with Gasteiger partial charge in [-0.1, -0.05) is 11.8 Å². The Labute approximate surface area is 119 Å². The first-order valence-corrected chi connectivity index (χ1v) is 8.20. The third-order valence-electron chi connectivity index (χ3n) is 2.53. The molecular weight excluding hydrogens is 304 g/mol. The van der Waals surface area contributed by atoms with Crippen LogP contribution in [0.15, 0.2) is 51.1 Å². The van der Waals surface area contributed by atoms with Crippen LogP contribution in [0.2, 0.25) is 0 Å². The van der Waals surface area contributed by atoms with Crippen molar-refractivity contribution in [3.63, 3.8) is 0 Å². The maximum Gasteiger partial charge on any atom is 0.175 e. The first-order valence-electron chi connectivity index (χ1n) is 5.50. The molecule has 0 saturated carbocycles. The van der Waals surface area contributed by atoms with Crippen molar-refractivity contribution in [3.8, 4) is 0 Å². The molecule has 106 valence electrons. The van der Waals surface area contributed by atoms with Gasteiger partial charge in [0.1, 0.15) is 0 Å². The van der Waals surface area contributed by atoms with E-state index in [1.807, 2.05) is 0 Å². The average Bonchev–Trinajstić information content (AvgIpc) is 2.35. The summed E-state index contributed by atoms with van der Waals surface area (Å²) in [4.78, 5) is 1.16. The Kier molecular flexibility index (Phi) is 4.01. The van der Waals surface area contributed by atoms with Crippen LogP contribution >= 0.6 is 11.8 Å². The Morgan fingerprint density at radius 1 is 1.05 bits per heavy atom. The van der Waals surface area contributed by atoms with E-state index in [2.05, 4.69) is 0 Å². The number of benzene rings is 2. The number of halogens is 2. The summed E-state index contributed by atoms with van der Waals surface area (Å²) in [5.74, 6) is -1.86. The standard InChI is InChI=1S/C13H11F2NO2S2/c1-20(17,18)9-3-5-13(12(16)7-9)19-8-2-4-10(14)11(15)6-8/h2-7H,16H2,1H3. The van der Waals surface area contributed by atoms with Crippen molar-refractivity contribution in [2.24, 2.45) is 0 Å². The molecule has 0 unspecified atom stereocenters. The quantitative estimate of drug-likeness (QED) is 0.884. The van der Waals surface area contributed by atoms with Crippen LogP contribution in [0.25, 0.3) is 0 Å². The number of anilines is 1. The summed E-state index contributed by atoms with van der Waals surface area (Å²) in [5, 5.41) is 0. The van der Waals surface area contributed by atoms with Crippen LogP contribution in [-0.2, 0) is 9.84 Å². The van der Waals surface area contributed by atoms with Crippen molar-refractivity contribution in [2.75, 3.05) is 12.0 Å².